The Kier molecular flexibility index (Phi) is 9.54. The Morgan fingerprint density at radius 1 is 1.21 bits per heavy atom. The SMILES string of the molecule is CCc1c(C)cccc1OCC(O)CNC(C)(C)CNc1ccc(C2=NC(=O)C(N3C=CC=NC3)CC2)cc1. The second-order valence-corrected chi connectivity index (χ2v) is 10.8. The highest BCUT2D eigenvalue weighted by molar-refractivity contribution is 6.09. The number of aryl methyl sites for hydroxylation is 1. The molecule has 2 aromatic carbocycles. The summed E-state index contributed by atoms with van der Waals surface area (Å²) in [5, 5.41) is 17.4. The van der Waals surface area contributed by atoms with Gasteiger partial charge in [0.2, 0.25) is 0 Å². The minimum absolute atomic E-state index is 0.106. The summed E-state index contributed by atoms with van der Waals surface area (Å²) in [6.45, 7) is 10.2. The second-order valence-electron chi connectivity index (χ2n) is 10.8. The van der Waals surface area contributed by atoms with E-state index < -0.39 is 6.10 Å². The molecule has 8 heteroatoms. The standard InChI is InChI=1S/C31H41N5O3/c1-5-26-22(2)8-6-9-29(26)39-19-25(37)18-34-31(3,4)20-33-24-12-10-23(11-13-24)27-14-15-28(30(38)35-27)36-17-7-16-32-21-36/h6-13,16-17,25,28,33-34,37H,5,14-15,18-21H2,1-4H3. The second kappa shape index (κ2) is 13.0. The molecule has 0 fully saturated rings. The third-order valence-corrected chi connectivity index (χ3v) is 7.22. The fourth-order valence-electron chi connectivity index (χ4n) is 4.85. The fourth-order valence-corrected chi connectivity index (χ4v) is 4.85. The molecule has 4 rings (SSSR count). The van der Waals surface area contributed by atoms with Gasteiger partial charge in [0.1, 0.15) is 31.2 Å². The van der Waals surface area contributed by atoms with E-state index >= 15 is 0 Å². The highest BCUT2D eigenvalue weighted by Crippen LogP contribution is 2.23. The van der Waals surface area contributed by atoms with Crippen molar-refractivity contribution in [3.05, 3.63) is 71.4 Å². The van der Waals surface area contributed by atoms with Gasteiger partial charge < -0.3 is 25.4 Å². The number of anilines is 1. The van der Waals surface area contributed by atoms with Crippen molar-refractivity contribution >= 4 is 23.5 Å². The van der Waals surface area contributed by atoms with Crippen LogP contribution in [0.2, 0.25) is 0 Å². The number of β-amino-alcohol motifs (C(OH)–C–C–N with tert-alkyl or cyclic N) is 1. The van der Waals surface area contributed by atoms with Crippen LogP contribution in [0, 0.1) is 6.92 Å². The lowest BCUT2D eigenvalue weighted by atomic mass is 9.97. The molecule has 2 unspecified atom stereocenters. The topological polar surface area (TPSA) is 98.5 Å². The van der Waals surface area contributed by atoms with Crippen molar-refractivity contribution in [2.45, 2.75) is 64.6 Å². The molecule has 0 radical (unpaired) electrons. The molecule has 0 spiro atoms. The van der Waals surface area contributed by atoms with Crippen LogP contribution in [0.5, 0.6) is 5.75 Å². The zero-order valence-corrected chi connectivity index (χ0v) is 23.5. The number of aliphatic hydroxyl groups excluding tert-OH is 1. The first-order valence-electron chi connectivity index (χ1n) is 13.8. The van der Waals surface area contributed by atoms with Gasteiger partial charge in [-0.2, -0.15) is 0 Å². The smallest absolute Gasteiger partial charge is 0.268 e. The van der Waals surface area contributed by atoms with Crippen LogP contribution in [0.15, 0.2) is 64.7 Å². The number of nitrogens with one attached hydrogen (secondary N) is 2. The van der Waals surface area contributed by atoms with E-state index in [0.29, 0.717) is 19.8 Å². The summed E-state index contributed by atoms with van der Waals surface area (Å²) in [5.41, 5.74) is 4.94. The van der Waals surface area contributed by atoms with E-state index in [-0.39, 0.29) is 24.1 Å². The van der Waals surface area contributed by atoms with E-state index in [9.17, 15) is 9.90 Å². The number of allylic oxidation sites excluding steroid dienone is 1. The largest absolute Gasteiger partial charge is 0.491 e. The Morgan fingerprint density at radius 3 is 2.69 bits per heavy atom. The molecule has 39 heavy (non-hydrogen) atoms. The maximum atomic E-state index is 12.7. The van der Waals surface area contributed by atoms with Gasteiger partial charge >= 0.3 is 0 Å². The first-order valence-corrected chi connectivity index (χ1v) is 13.8. The van der Waals surface area contributed by atoms with Gasteiger partial charge in [-0.3, -0.25) is 9.79 Å². The van der Waals surface area contributed by atoms with Crippen molar-refractivity contribution in [3.63, 3.8) is 0 Å². The number of hydrogen-bond donors (Lipinski definition) is 3. The summed E-state index contributed by atoms with van der Waals surface area (Å²) < 4.78 is 5.92. The molecule has 0 aromatic heterocycles. The van der Waals surface area contributed by atoms with E-state index in [2.05, 4.69) is 54.4 Å². The molecule has 2 heterocycles. The zero-order chi connectivity index (χ0) is 27.8. The number of amides is 1. The van der Waals surface area contributed by atoms with E-state index in [1.54, 1.807) is 6.21 Å². The van der Waals surface area contributed by atoms with Gasteiger partial charge in [-0.1, -0.05) is 31.2 Å². The zero-order valence-electron chi connectivity index (χ0n) is 23.5. The Morgan fingerprint density at radius 2 is 2.00 bits per heavy atom. The van der Waals surface area contributed by atoms with Gasteiger partial charge in [0.05, 0.1) is 5.71 Å². The monoisotopic (exact) mass is 531 g/mol. The number of benzene rings is 2. The lowest BCUT2D eigenvalue weighted by molar-refractivity contribution is -0.122. The number of hydrogen-bond acceptors (Lipinski definition) is 7. The quantitative estimate of drug-likeness (QED) is 0.381. The molecule has 3 N–H and O–H groups in total. The van der Waals surface area contributed by atoms with E-state index in [4.69, 9.17) is 4.74 Å². The number of aliphatic hydroxyl groups is 1. The molecular weight excluding hydrogens is 490 g/mol. The average Bonchev–Trinajstić information content (AvgIpc) is 2.95. The summed E-state index contributed by atoms with van der Waals surface area (Å²) in [6.07, 6.45) is 7.28. The molecule has 0 saturated heterocycles. The van der Waals surface area contributed by atoms with E-state index in [0.717, 1.165) is 42.0 Å². The number of carbonyl (C=O) groups is 1. The molecule has 2 aliphatic heterocycles. The molecule has 8 nitrogen and oxygen atoms in total. The maximum absolute atomic E-state index is 12.7. The summed E-state index contributed by atoms with van der Waals surface area (Å²) in [7, 11) is 0. The van der Waals surface area contributed by atoms with Crippen LogP contribution in [0.4, 0.5) is 5.69 Å². The van der Waals surface area contributed by atoms with Gasteiger partial charge in [0.15, 0.2) is 0 Å². The molecule has 2 aromatic rings. The third kappa shape index (κ3) is 7.77. The van der Waals surface area contributed by atoms with Gasteiger partial charge in [-0.15, -0.1) is 0 Å². The van der Waals surface area contributed by atoms with E-state index in [1.807, 2.05) is 53.6 Å². The van der Waals surface area contributed by atoms with Gasteiger partial charge in [-0.25, -0.2) is 4.99 Å². The minimum Gasteiger partial charge on any atom is -0.491 e. The Bertz CT molecular complexity index is 1220. The molecule has 1 amide bonds. The lowest BCUT2D eigenvalue weighted by Crippen LogP contribution is -2.49. The summed E-state index contributed by atoms with van der Waals surface area (Å²) >= 11 is 0. The molecular formula is C31H41N5O3. The van der Waals surface area contributed by atoms with Gasteiger partial charge in [0.25, 0.3) is 5.91 Å². The number of rotatable bonds is 12. The predicted octanol–water partition coefficient (Wildman–Crippen LogP) is 4.11. The van der Waals surface area contributed by atoms with Crippen molar-refractivity contribution < 1.29 is 14.6 Å². The Balaban J connectivity index is 1.23. The average molecular weight is 532 g/mol. The van der Waals surface area contributed by atoms with Gasteiger partial charge in [0, 0.05) is 36.7 Å². The van der Waals surface area contributed by atoms with Crippen molar-refractivity contribution in [1.82, 2.24) is 10.2 Å². The number of nitrogens with zero attached hydrogens (tertiary/aromatic N) is 3. The van der Waals surface area contributed by atoms with Crippen LogP contribution in [-0.4, -0.2) is 71.9 Å². The molecule has 2 atom stereocenters. The van der Waals surface area contributed by atoms with Crippen LogP contribution in [0.3, 0.4) is 0 Å². The van der Waals surface area contributed by atoms with Crippen LogP contribution in [0.1, 0.15) is 50.3 Å². The van der Waals surface area contributed by atoms with Crippen molar-refractivity contribution in [2.24, 2.45) is 9.98 Å². The summed E-state index contributed by atoms with van der Waals surface area (Å²) in [4.78, 5) is 23.2. The van der Waals surface area contributed by atoms with Crippen LogP contribution in [-0.2, 0) is 11.2 Å². The van der Waals surface area contributed by atoms with Crippen LogP contribution in [0.25, 0.3) is 0 Å². The highest BCUT2D eigenvalue weighted by Gasteiger charge is 2.29. The van der Waals surface area contributed by atoms with Crippen LogP contribution < -0.4 is 15.4 Å². The van der Waals surface area contributed by atoms with Crippen molar-refractivity contribution in [1.29, 1.82) is 0 Å². The number of ether oxygens (including phenoxy) is 1. The fraction of sp³-hybridized carbons (Fsp3) is 0.452. The van der Waals surface area contributed by atoms with Crippen molar-refractivity contribution in [2.75, 3.05) is 31.7 Å². The first kappa shape index (κ1) is 28.5. The lowest BCUT2D eigenvalue weighted by Gasteiger charge is -2.30. The molecule has 0 saturated carbocycles. The molecule has 2 aliphatic rings. The first-order chi connectivity index (χ1) is 18.8. The predicted molar refractivity (Wildman–Crippen MR) is 158 cm³/mol. The molecule has 208 valence electrons. The highest BCUT2D eigenvalue weighted by atomic mass is 16.5. The third-order valence-electron chi connectivity index (χ3n) is 7.22. The maximum Gasteiger partial charge on any atom is 0.268 e. The number of carbonyl (C=O) groups excluding carboxylic acids is 1. The normalized spacial score (nSPS) is 18.2. The summed E-state index contributed by atoms with van der Waals surface area (Å²) in [5.74, 6) is 0.739. The molecule has 0 bridgehead atoms. The Hall–Kier alpha value is -3.49. The van der Waals surface area contributed by atoms with Crippen LogP contribution >= 0.6 is 0 Å². The van der Waals surface area contributed by atoms with Crippen molar-refractivity contribution in [3.8, 4) is 5.75 Å². The Labute approximate surface area is 231 Å². The van der Waals surface area contributed by atoms with E-state index in [1.165, 1.54) is 11.1 Å². The number of aliphatic imine (C=N–C) groups is 2. The minimum atomic E-state index is -0.619. The molecule has 0 aliphatic carbocycles. The summed E-state index contributed by atoms with van der Waals surface area (Å²) in [6, 6.07) is 13.8. The van der Waals surface area contributed by atoms with Gasteiger partial charge in [-0.05, 0) is 81.0 Å².